The third kappa shape index (κ3) is 3.03. The standard InChI is InChI=1S/C11H14N2O8/c1-5(15)19-8-6(4-14)20-10(9(8)21-18)13-3-2-7(16)12-11(13)17/h2-3,6,8-10,14,18H,4H2,1H3,(H,12,16,17)/t6-,8?,9?,10-/m0/s1. The summed E-state index contributed by atoms with van der Waals surface area (Å²) >= 11 is 0. The SMILES string of the molecule is CC(=O)OC1C(OO)[C@@H](n2ccc(=O)[nH]c2=O)O[C@H]1CO. The smallest absolute Gasteiger partial charge is 0.330 e. The Morgan fingerprint density at radius 1 is 1.48 bits per heavy atom. The maximum atomic E-state index is 11.7. The quantitative estimate of drug-likeness (QED) is 0.337. The molecular formula is C11H14N2O8. The van der Waals surface area contributed by atoms with E-state index >= 15 is 0 Å². The van der Waals surface area contributed by atoms with Gasteiger partial charge in [-0.1, -0.05) is 0 Å². The van der Waals surface area contributed by atoms with Crippen LogP contribution in [0.3, 0.4) is 0 Å². The number of rotatable bonds is 4. The molecule has 1 fully saturated rings. The molecule has 4 atom stereocenters. The fourth-order valence-electron chi connectivity index (χ4n) is 2.15. The Hall–Kier alpha value is -2.01. The van der Waals surface area contributed by atoms with Crippen molar-refractivity contribution in [1.29, 1.82) is 0 Å². The van der Waals surface area contributed by atoms with Crippen molar-refractivity contribution in [2.75, 3.05) is 6.61 Å². The molecule has 1 saturated heterocycles. The molecule has 0 radical (unpaired) electrons. The van der Waals surface area contributed by atoms with E-state index in [0.29, 0.717) is 0 Å². The molecule has 10 heteroatoms. The molecule has 1 aliphatic rings. The lowest BCUT2D eigenvalue weighted by Gasteiger charge is -2.20. The lowest BCUT2D eigenvalue weighted by Crippen LogP contribution is -2.40. The Bertz CT molecular complexity index is 623. The number of carbonyl (C=O) groups is 1. The van der Waals surface area contributed by atoms with Gasteiger partial charge in [-0.25, -0.2) is 9.68 Å². The summed E-state index contributed by atoms with van der Waals surface area (Å²) in [5.41, 5.74) is -1.40. The van der Waals surface area contributed by atoms with Crippen molar-refractivity contribution in [2.24, 2.45) is 0 Å². The van der Waals surface area contributed by atoms with Gasteiger partial charge in [0.25, 0.3) is 5.56 Å². The van der Waals surface area contributed by atoms with E-state index in [4.69, 9.17) is 14.7 Å². The summed E-state index contributed by atoms with van der Waals surface area (Å²) in [7, 11) is 0. The zero-order valence-corrected chi connectivity index (χ0v) is 11.0. The number of aliphatic hydroxyl groups excluding tert-OH is 1. The fourth-order valence-corrected chi connectivity index (χ4v) is 2.15. The average molecular weight is 302 g/mol. The van der Waals surface area contributed by atoms with Crippen LogP contribution >= 0.6 is 0 Å². The molecule has 116 valence electrons. The number of carbonyl (C=O) groups excluding carboxylic acids is 1. The first kappa shape index (κ1) is 15.4. The highest BCUT2D eigenvalue weighted by atomic mass is 17.1. The van der Waals surface area contributed by atoms with E-state index in [1.165, 1.54) is 0 Å². The van der Waals surface area contributed by atoms with Crippen molar-refractivity contribution in [2.45, 2.75) is 31.5 Å². The van der Waals surface area contributed by atoms with Crippen LogP contribution in [-0.2, 0) is 19.2 Å². The molecule has 2 unspecified atom stereocenters. The normalized spacial score (nSPS) is 28.5. The van der Waals surface area contributed by atoms with Crippen LogP contribution in [0.1, 0.15) is 13.2 Å². The van der Waals surface area contributed by atoms with E-state index in [0.717, 1.165) is 23.8 Å². The van der Waals surface area contributed by atoms with Crippen LogP contribution in [0.5, 0.6) is 0 Å². The number of ether oxygens (including phenoxy) is 2. The summed E-state index contributed by atoms with van der Waals surface area (Å²) in [5, 5.41) is 18.2. The Kier molecular flexibility index (Phi) is 4.53. The Morgan fingerprint density at radius 3 is 2.71 bits per heavy atom. The van der Waals surface area contributed by atoms with Crippen molar-refractivity contribution in [3.05, 3.63) is 33.1 Å². The van der Waals surface area contributed by atoms with Crippen LogP contribution in [0.25, 0.3) is 0 Å². The van der Waals surface area contributed by atoms with Gasteiger partial charge in [-0.3, -0.25) is 24.4 Å². The average Bonchev–Trinajstić information content (AvgIpc) is 2.75. The summed E-state index contributed by atoms with van der Waals surface area (Å²) in [5.74, 6) is -0.668. The molecule has 21 heavy (non-hydrogen) atoms. The first-order chi connectivity index (χ1) is 9.97. The van der Waals surface area contributed by atoms with E-state index in [1.807, 2.05) is 4.98 Å². The lowest BCUT2D eigenvalue weighted by molar-refractivity contribution is -0.306. The summed E-state index contributed by atoms with van der Waals surface area (Å²) < 4.78 is 11.3. The molecule has 1 aromatic rings. The van der Waals surface area contributed by atoms with E-state index in [2.05, 4.69) is 4.89 Å². The van der Waals surface area contributed by atoms with Crippen LogP contribution in [0.2, 0.25) is 0 Å². The van der Waals surface area contributed by atoms with Crippen LogP contribution in [-0.4, -0.2) is 50.8 Å². The highest BCUT2D eigenvalue weighted by Crippen LogP contribution is 2.32. The van der Waals surface area contributed by atoms with Gasteiger partial charge >= 0.3 is 11.7 Å². The van der Waals surface area contributed by atoms with Gasteiger partial charge in [-0.15, -0.1) is 0 Å². The van der Waals surface area contributed by atoms with Gasteiger partial charge in [0.05, 0.1) is 6.61 Å². The number of aromatic amines is 1. The van der Waals surface area contributed by atoms with Crippen LogP contribution < -0.4 is 11.2 Å². The maximum Gasteiger partial charge on any atom is 0.330 e. The number of aliphatic hydroxyl groups is 1. The molecule has 0 bridgehead atoms. The van der Waals surface area contributed by atoms with E-state index in [-0.39, 0.29) is 0 Å². The second-order valence-corrected chi connectivity index (χ2v) is 4.41. The molecule has 1 aromatic heterocycles. The predicted molar refractivity (Wildman–Crippen MR) is 65.4 cm³/mol. The molecule has 0 aromatic carbocycles. The number of hydrogen-bond acceptors (Lipinski definition) is 8. The predicted octanol–water partition coefficient (Wildman–Crippen LogP) is -1.78. The zero-order chi connectivity index (χ0) is 15.6. The van der Waals surface area contributed by atoms with Crippen LogP contribution in [0, 0.1) is 0 Å². The number of nitrogens with one attached hydrogen (secondary N) is 1. The van der Waals surface area contributed by atoms with Gasteiger partial charge in [0.15, 0.2) is 18.4 Å². The first-order valence-electron chi connectivity index (χ1n) is 6.03. The van der Waals surface area contributed by atoms with Crippen molar-refractivity contribution in [1.82, 2.24) is 9.55 Å². The Balaban J connectivity index is 2.37. The lowest BCUT2D eigenvalue weighted by atomic mass is 10.1. The zero-order valence-electron chi connectivity index (χ0n) is 11.0. The molecule has 2 rings (SSSR count). The number of esters is 1. The molecule has 0 spiro atoms. The highest BCUT2D eigenvalue weighted by molar-refractivity contribution is 5.66. The minimum atomic E-state index is -1.24. The largest absolute Gasteiger partial charge is 0.457 e. The van der Waals surface area contributed by atoms with E-state index in [9.17, 15) is 19.5 Å². The topological polar surface area (TPSA) is 140 Å². The van der Waals surface area contributed by atoms with Crippen molar-refractivity contribution in [3.8, 4) is 0 Å². The number of aromatic nitrogens is 2. The number of hydrogen-bond donors (Lipinski definition) is 3. The van der Waals surface area contributed by atoms with Crippen LogP contribution in [0.15, 0.2) is 21.9 Å². The van der Waals surface area contributed by atoms with Crippen molar-refractivity contribution >= 4 is 5.97 Å². The van der Waals surface area contributed by atoms with Gasteiger partial charge in [0.2, 0.25) is 0 Å². The molecule has 0 saturated carbocycles. The minimum absolute atomic E-state index is 0.521. The molecule has 0 amide bonds. The summed E-state index contributed by atoms with van der Waals surface area (Å²) in [6.07, 6.45) is -3.38. The van der Waals surface area contributed by atoms with Crippen molar-refractivity contribution in [3.63, 3.8) is 0 Å². The molecular weight excluding hydrogens is 288 g/mol. The second-order valence-electron chi connectivity index (χ2n) is 4.41. The molecule has 0 aliphatic carbocycles. The van der Waals surface area contributed by atoms with Gasteiger partial charge < -0.3 is 14.6 Å². The Morgan fingerprint density at radius 2 is 2.19 bits per heavy atom. The van der Waals surface area contributed by atoms with Gasteiger partial charge in [0.1, 0.15) is 6.10 Å². The second kappa shape index (κ2) is 6.18. The van der Waals surface area contributed by atoms with E-state index < -0.39 is 48.4 Å². The summed E-state index contributed by atoms with van der Waals surface area (Å²) in [4.78, 5) is 40.1. The summed E-state index contributed by atoms with van der Waals surface area (Å²) in [6.45, 7) is 0.620. The van der Waals surface area contributed by atoms with Crippen LogP contribution in [0.4, 0.5) is 0 Å². The molecule has 2 heterocycles. The first-order valence-corrected chi connectivity index (χ1v) is 6.03. The number of nitrogens with zero attached hydrogens (tertiary/aromatic N) is 1. The maximum absolute atomic E-state index is 11.7. The van der Waals surface area contributed by atoms with Gasteiger partial charge in [0, 0.05) is 19.2 Å². The number of H-pyrrole nitrogens is 1. The monoisotopic (exact) mass is 302 g/mol. The molecule has 1 aliphatic heterocycles. The van der Waals surface area contributed by atoms with Crippen molar-refractivity contribution < 1.29 is 29.5 Å². The third-order valence-electron chi connectivity index (χ3n) is 3.01. The Labute approximate surface area is 117 Å². The van der Waals surface area contributed by atoms with Gasteiger partial charge in [-0.2, -0.15) is 0 Å². The highest BCUT2D eigenvalue weighted by Gasteiger charge is 2.49. The third-order valence-corrected chi connectivity index (χ3v) is 3.01. The van der Waals surface area contributed by atoms with E-state index in [1.54, 1.807) is 0 Å². The fraction of sp³-hybridized carbons (Fsp3) is 0.545. The molecule has 3 N–H and O–H groups in total. The molecule has 10 nitrogen and oxygen atoms in total. The summed E-state index contributed by atoms with van der Waals surface area (Å²) in [6, 6.07) is 1.08. The minimum Gasteiger partial charge on any atom is -0.457 e. The van der Waals surface area contributed by atoms with Gasteiger partial charge in [-0.05, 0) is 0 Å².